The SMILES string of the molecule is CCC(CCO)CNC(=O)c1scnc1C1CC1. The van der Waals surface area contributed by atoms with Gasteiger partial charge < -0.3 is 10.4 Å². The Balaban J connectivity index is 1.88. The monoisotopic (exact) mass is 268 g/mol. The fourth-order valence-corrected chi connectivity index (χ4v) is 2.81. The third-order valence-electron chi connectivity index (χ3n) is 3.43. The molecule has 1 unspecified atom stereocenters. The Kier molecular flexibility index (Phi) is 4.72. The molecule has 0 spiro atoms. The maximum absolute atomic E-state index is 12.1. The van der Waals surface area contributed by atoms with Gasteiger partial charge in [0.25, 0.3) is 5.91 Å². The van der Waals surface area contributed by atoms with E-state index >= 15 is 0 Å². The summed E-state index contributed by atoms with van der Waals surface area (Å²) in [5.41, 5.74) is 2.74. The highest BCUT2D eigenvalue weighted by molar-refractivity contribution is 7.11. The van der Waals surface area contributed by atoms with Gasteiger partial charge in [0.2, 0.25) is 0 Å². The van der Waals surface area contributed by atoms with Crippen LogP contribution in [0.3, 0.4) is 0 Å². The number of hydrogen-bond donors (Lipinski definition) is 2. The van der Waals surface area contributed by atoms with Crippen LogP contribution in [-0.4, -0.2) is 29.1 Å². The maximum Gasteiger partial charge on any atom is 0.263 e. The zero-order valence-corrected chi connectivity index (χ0v) is 11.5. The van der Waals surface area contributed by atoms with E-state index in [2.05, 4.69) is 17.2 Å². The van der Waals surface area contributed by atoms with Crippen molar-refractivity contribution < 1.29 is 9.90 Å². The molecule has 2 N–H and O–H groups in total. The molecule has 1 heterocycles. The van der Waals surface area contributed by atoms with Crippen LogP contribution in [0.1, 0.15) is 53.9 Å². The first kappa shape index (κ1) is 13.5. The van der Waals surface area contributed by atoms with Crippen LogP contribution < -0.4 is 5.32 Å². The van der Waals surface area contributed by atoms with Crippen molar-refractivity contribution in [3.05, 3.63) is 16.1 Å². The van der Waals surface area contributed by atoms with Gasteiger partial charge >= 0.3 is 0 Å². The van der Waals surface area contributed by atoms with Crippen LogP contribution in [0.4, 0.5) is 0 Å². The topological polar surface area (TPSA) is 62.2 Å². The lowest BCUT2D eigenvalue weighted by Gasteiger charge is -2.14. The first-order valence-electron chi connectivity index (χ1n) is 6.58. The van der Waals surface area contributed by atoms with Crippen molar-refractivity contribution in [2.24, 2.45) is 5.92 Å². The third-order valence-corrected chi connectivity index (χ3v) is 4.27. The lowest BCUT2D eigenvalue weighted by molar-refractivity contribution is 0.0946. The molecule has 0 aliphatic heterocycles. The highest BCUT2D eigenvalue weighted by Crippen LogP contribution is 2.41. The molecule has 0 radical (unpaired) electrons. The van der Waals surface area contributed by atoms with Crippen LogP contribution in [0.15, 0.2) is 5.51 Å². The Bertz CT molecular complexity index is 401. The average molecular weight is 268 g/mol. The first-order valence-corrected chi connectivity index (χ1v) is 7.46. The summed E-state index contributed by atoms with van der Waals surface area (Å²) < 4.78 is 0. The van der Waals surface area contributed by atoms with Crippen molar-refractivity contribution in [3.8, 4) is 0 Å². The Morgan fingerprint density at radius 2 is 2.44 bits per heavy atom. The molecule has 1 aromatic heterocycles. The highest BCUT2D eigenvalue weighted by Gasteiger charge is 2.30. The van der Waals surface area contributed by atoms with Gasteiger partial charge in [-0.3, -0.25) is 4.79 Å². The molecule has 1 aliphatic rings. The average Bonchev–Trinajstić information content (AvgIpc) is 3.11. The van der Waals surface area contributed by atoms with E-state index in [1.54, 1.807) is 5.51 Å². The zero-order chi connectivity index (χ0) is 13.0. The number of amides is 1. The lowest BCUT2D eigenvalue weighted by atomic mass is 10.0. The molecule has 1 aliphatic carbocycles. The smallest absolute Gasteiger partial charge is 0.263 e. The summed E-state index contributed by atoms with van der Waals surface area (Å²) in [6.45, 7) is 2.90. The fraction of sp³-hybridized carbons (Fsp3) is 0.692. The molecular formula is C13H20N2O2S. The van der Waals surface area contributed by atoms with Gasteiger partial charge in [-0.25, -0.2) is 4.98 Å². The molecule has 5 heteroatoms. The number of thiazole rings is 1. The zero-order valence-electron chi connectivity index (χ0n) is 10.7. The van der Waals surface area contributed by atoms with E-state index in [9.17, 15) is 4.79 Å². The maximum atomic E-state index is 12.1. The van der Waals surface area contributed by atoms with Crippen LogP contribution in [0.2, 0.25) is 0 Å². The summed E-state index contributed by atoms with van der Waals surface area (Å²) in [6.07, 6.45) is 4.03. The molecule has 1 atom stereocenters. The van der Waals surface area contributed by atoms with E-state index in [0.717, 1.165) is 36.3 Å². The number of aromatic nitrogens is 1. The van der Waals surface area contributed by atoms with E-state index in [0.29, 0.717) is 18.4 Å². The Labute approximate surface area is 111 Å². The number of nitrogens with zero attached hydrogens (tertiary/aromatic N) is 1. The number of aliphatic hydroxyl groups excluding tert-OH is 1. The van der Waals surface area contributed by atoms with Gasteiger partial charge in [-0.2, -0.15) is 0 Å². The van der Waals surface area contributed by atoms with E-state index < -0.39 is 0 Å². The van der Waals surface area contributed by atoms with Crippen molar-refractivity contribution in [1.82, 2.24) is 10.3 Å². The molecule has 2 rings (SSSR count). The lowest BCUT2D eigenvalue weighted by Crippen LogP contribution is -2.29. The first-order chi connectivity index (χ1) is 8.76. The number of rotatable bonds is 7. The van der Waals surface area contributed by atoms with Gasteiger partial charge in [-0.05, 0) is 25.2 Å². The second-order valence-corrected chi connectivity index (χ2v) is 5.69. The number of hydrogen-bond acceptors (Lipinski definition) is 4. The Morgan fingerprint density at radius 1 is 1.67 bits per heavy atom. The second kappa shape index (κ2) is 6.29. The minimum Gasteiger partial charge on any atom is -0.396 e. The molecule has 18 heavy (non-hydrogen) atoms. The van der Waals surface area contributed by atoms with Crippen LogP contribution in [-0.2, 0) is 0 Å². The summed E-state index contributed by atoms with van der Waals surface area (Å²) in [6, 6.07) is 0. The van der Waals surface area contributed by atoms with E-state index in [-0.39, 0.29) is 12.5 Å². The van der Waals surface area contributed by atoms with E-state index in [4.69, 9.17) is 5.11 Å². The van der Waals surface area contributed by atoms with Crippen molar-refractivity contribution >= 4 is 17.2 Å². The summed E-state index contributed by atoms with van der Waals surface area (Å²) in [7, 11) is 0. The number of carbonyl (C=O) groups is 1. The van der Waals surface area contributed by atoms with Crippen LogP contribution >= 0.6 is 11.3 Å². The van der Waals surface area contributed by atoms with Crippen molar-refractivity contribution in [3.63, 3.8) is 0 Å². The minimum atomic E-state index is -0.00390. The largest absolute Gasteiger partial charge is 0.396 e. The predicted molar refractivity (Wildman–Crippen MR) is 71.9 cm³/mol. The van der Waals surface area contributed by atoms with Crippen LogP contribution in [0.25, 0.3) is 0 Å². The molecule has 1 saturated carbocycles. The molecule has 1 aromatic rings. The summed E-state index contributed by atoms with van der Waals surface area (Å²) in [5.74, 6) is 0.864. The molecule has 0 aromatic carbocycles. The molecule has 1 fully saturated rings. The van der Waals surface area contributed by atoms with Gasteiger partial charge in [0.1, 0.15) is 4.88 Å². The van der Waals surface area contributed by atoms with Gasteiger partial charge in [0.05, 0.1) is 11.2 Å². The van der Waals surface area contributed by atoms with Crippen LogP contribution in [0, 0.1) is 5.92 Å². The van der Waals surface area contributed by atoms with Gasteiger partial charge in [0, 0.05) is 19.1 Å². The van der Waals surface area contributed by atoms with Gasteiger partial charge in [-0.1, -0.05) is 13.3 Å². The van der Waals surface area contributed by atoms with Gasteiger partial charge in [0.15, 0.2) is 0 Å². The van der Waals surface area contributed by atoms with Crippen LogP contribution in [0.5, 0.6) is 0 Å². The highest BCUT2D eigenvalue weighted by atomic mass is 32.1. The molecule has 100 valence electrons. The summed E-state index contributed by atoms with van der Waals surface area (Å²) >= 11 is 1.43. The third kappa shape index (κ3) is 3.29. The van der Waals surface area contributed by atoms with E-state index in [1.165, 1.54) is 11.3 Å². The van der Waals surface area contributed by atoms with Gasteiger partial charge in [-0.15, -0.1) is 11.3 Å². The fourth-order valence-electron chi connectivity index (χ4n) is 2.02. The molecule has 4 nitrogen and oxygen atoms in total. The Hall–Kier alpha value is -0.940. The van der Waals surface area contributed by atoms with Crippen molar-refractivity contribution in [2.45, 2.75) is 38.5 Å². The molecule has 1 amide bonds. The predicted octanol–water partition coefficient (Wildman–Crippen LogP) is 2.16. The summed E-state index contributed by atoms with van der Waals surface area (Å²) in [4.78, 5) is 17.2. The Morgan fingerprint density at radius 3 is 3.06 bits per heavy atom. The van der Waals surface area contributed by atoms with E-state index in [1.807, 2.05) is 0 Å². The quantitative estimate of drug-likeness (QED) is 0.796. The number of aliphatic hydroxyl groups is 1. The second-order valence-electron chi connectivity index (χ2n) is 4.84. The minimum absolute atomic E-state index is 0.00390. The molecular weight excluding hydrogens is 248 g/mol. The molecule has 0 saturated heterocycles. The number of carbonyl (C=O) groups excluding carboxylic acids is 1. The summed E-state index contributed by atoms with van der Waals surface area (Å²) in [5, 5.41) is 11.9. The standard InChI is InChI=1S/C13H20N2O2S/c1-2-9(5-6-16)7-14-13(17)12-11(10-3-4-10)15-8-18-12/h8-10,16H,2-7H2,1H3,(H,14,17). The van der Waals surface area contributed by atoms with Crippen molar-refractivity contribution in [2.75, 3.05) is 13.2 Å². The molecule has 0 bridgehead atoms. The number of nitrogens with one attached hydrogen (secondary N) is 1. The normalized spacial score (nSPS) is 16.6. The van der Waals surface area contributed by atoms with Crippen molar-refractivity contribution in [1.29, 1.82) is 0 Å².